The fourth-order valence-corrected chi connectivity index (χ4v) is 1.95. The van der Waals surface area contributed by atoms with Crippen LogP contribution in [0.15, 0.2) is 30.3 Å². The molecule has 1 atom stereocenters. The smallest absolute Gasteiger partial charge is 0.165 e. The van der Waals surface area contributed by atoms with E-state index in [-0.39, 0.29) is 0 Å². The van der Waals surface area contributed by atoms with Gasteiger partial charge in [0.05, 0.1) is 6.54 Å². The SMILES string of the molecule is CNCc1nnnn1CCC(C)c1ccccc1. The molecule has 2 aromatic rings. The number of benzene rings is 1. The lowest BCUT2D eigenvalue weighted by molar-refractivity contribution is 0.498. The average Bonchev–Trinajstić information content (AvgIpc) is 2.85. The number of tetrazole rings is 1. The van der Waals surface area contributed by atoms with E-state index in [0.717, 1.165) is 18.8 Å². The normalized spacial score (nSPS) is 12.6. The highest BCUT2D eigenvalue weighted by Gasteiger charge is 2.08. The molecule has 5 nitrogen and oxygen atoms in total. The van der Waals surface area contributed by atoms with E-state index in [1.807, 2.05) is 17.8 Å². The molecule has 1 N–H and O–H groups in total. The monoisotopic (exact) mass is 245 g/mol. The third kappa shape index (κ3) is 3.13. The minimum Gasteiger partial charge on any atom is -0.313 e. The molecule has 0 bridgehead atoms. The number of hydrogen-bond donors (Lipinski definition) is 1. The maximum atomic E-state index is 4.02. The molecule has 5 heteroatoms. The lowest BCUT2D eigenvalue weighted by atomic mass is 9.98. The second-order valence-electron chi connectivity index (χ2n) is 4.45. The zero-order valence-corrected chi connectivity index (χ0v) is 10.9. The summed E-state index contributed by atoms with van der Waals surface area (Å²) in [5.41, 5.74) is 1.36. The van der Waals surface area contributed by atoms with E-state index < -0.39 is 0 Å². The Kier molecular flexibility index (Phi) is 4.41. The highest BCUT2D eigenvalue weighted by Crippen LogP contribution is 2.18. The molecule has 0 aliphatic carbocycles. The van der Waals surface area contributed by atoms with Crippen molar-refractivity contribution in [1.29, 1.82) is 0 Å². The molecule has 0 spiro atoms. The van der Waals surface area contributed by atoms with Crippen LogP contribution in [0, 0.1) is 0 Å². The molecule has 96 valence electrons. The fraction of sp³-hybridized carbons (Fsp3) is 0.462. The second-order valence-corrected chi connectivity index (χ2v) is 4.45. The predicted molar refractivity (Wildman–Crippen MR) is 70.1 cm³/mol. The van der Waals surface area contributed by atoms with Crippen LogP contribution < -0.4 is 5.32 Å². The van der Waals surface area contributed by atoms with Crippen LogP contribution in [0.5, 0.6) is 0 Å². The summed E-state index contributed by atoms with van der Waals surface area (Å²) in [4.78, 5) is 0. The molecule has 2 rings (SSSR count). The summed E-state index contributed by atoms with van der Waals surface area (Å²) in [7, 11) is 1.89. The van der Waals surface area contributed by atoms with Gasteiger partial charge in [-0.15, -0.1) is 5.10 Å². The van der Waals surface area contributed by atoms with Crippen LogP contribution in [-0.2, 0) is 13.1 Å². The molecule has 1 aromatic carbocycles. The van der Waals surface area contributed by atoms with E-state index >= 15 is 0 Å². The highest BCUT2D eigenvalue weighted by molar-refractivity contribution is 5.18. The Morgan fingerprint density at radius 2 is 2.06 bits per heavy atom. The maximum Gasteiger partial charge on any atom is 0.165 e. The van der Waals surface area contributed by atoms with Crippen molar-refractivity contribution in [2.75, 3.05) is 7.05 Å². The van der Waals surface area contributed by atoms with Crippen LogP contribution in [0.4, 0.5) is 0 Å². The molecular weight excluding hydrogens is 226 g/mol. The Labute approximate surface area is 107 Å². The molecule has 0 fully saturated rings. The first-order valence-corrected chi connectivity index (χ1v) is 6.26. The lowest BCUT2D eigenvalue weighted by Crippen LogP contribution is -2.14. The van der Waals surface area contributed by atoms with Crippen LogP contribution in [0.3, 0.4) is 0 Å². The summed E-state index contributed by atoms with van der Waals surface area (Å²) in [6, 6.07) is 10.5. The number of aromatic nitrogens is 4. The zero-order chi connectivity index (χ0) is 12.8. The van der Waals surface area contributed by atoms with E-state index in [9.17, 15) is 0 Å². The number of nitrogens with zero attached hydrogens (tertiary/aromatic N) is 4. The van der Waals surface area contributed by atoms with Gasteiger partial charge >= 0.3 is 0 Å². The second kappa shape index (κ2) is 6.26. The third-order valence-corrected chi connectivity index (χ3v) is 3.08. The van der Waals surface area contributed by atoms with Gasteiger partial charge in [0, 0.05) is 6.54 Å². The minimum atomic E-state index is 0.512. The van der Waals surface area contributed by atoms with E-state index in [1.165, 1.54) is 5.56 Å². The van der Waals surface area contributed by atoms with Crippen LogP contribution in [-0.4, -0.2) is 27.3 Å². The lowest BCUT2D eigenvalue weighted by Gasteiger charge is -2.12. The predicted octanol–water partition coefficient (Wildman–Crippen LogP) is 1.59. The number of nitrogens with one attached hydrogen (secondary N) is 1. The largest absolute Gasteiger partial charge is 0.313 e. The van der Waals surface area contributed by atoms with Gasteiger partial charge < -0.3 is 5.32 Å². The summed E-state index contributed by atoms with van der Waals surface area (Å²) >= 11 is 0. The van der Waals surface area contributed by atoms with E-state index in [1.54, 1.807) is 0 Å². The molecule has 1 aromatic heterocycles. The molecular formula is C13H19N5. The standard InChI is InChI=1S/C13H19N5/c1-11(12-6-4-3-5-7-12)8-9-18-13(10-14-2)15-16-17-18/h3-7,11,14H,8-10H2,1-2H3. The fourth-order valence-electron chi connectivity index (χ4n) is 1.95. The first-order chi connectivity index (χ1) is 8.81. The summed E-state index contributed by atoms with van der Waals surface area (Å²) in [5, 5.41) is 14.8. The Hall–Kier alpha value is -1.75. The van der Waals surface area contributed by atoms with Crippen molar-refractivity contribution in [2.24, 2.45) is 0 Å². The van der Waals surface area contributed by atoms with Crippen LogP contribution >= 0.6 is 0 Å². The van der Waals surface area contributed by atoms with Crippen LogP contribution in [0.1, 0.15) is 30.7 Å². The molecule has 18 heavy (non-hydrogen) atoms. The molecule has 0 saturated heterocycles. The summed E-state index contributed by atoms with van der Waals surface area (Å²) in [5.74, 6) is 1.40. The number of aryl methyl sites for hydroxylation is 1. The first-order valence-electron chi connectivity index (χ1n) is 6.26. The third-order valence-electron chi connectivity index (χ3n) is 3.08. The van der Waals surface area contributed by atoms with Gasteiger partial charge in [-0.1, -0.05) is 37.3 Å². The van der Waals surface area contributed by atoms with Crippen molar-refractivity contribution in [3.63, 3.8) is 0 Å². The number of rotatable bonds is 6. The Balaban J connectivity index is 1.93. The van der Waals surface area contributed by atoms with Crippen molar-refractivity contribution in [1.82, 2.24) is 25.5 Å². The van der Waals surface area contributed by atoms with Gasteiger partial charge in [-0.3, -0.25) is 0 Å². The van der Waals surface area contributed by atoms with Gasteiger partial charge in [-0.05, 0) is 35.4 Å². The minimum absolute atomic E-state index is 0.512. The summed E-state index contributed by atoms with van der Waals surface area (Å²) < 4.78 is 1.87. The van der Waals surface area contributed by atoms with Gasteiger partial charge in [0.15, 0.2) is 5.82 Å². The molecule has 0 aliphatic rings. The van der Waals surface area contributed by atoms with Crippen molar-refractivity contribution in [2.45, 2.75) is 32.4 Å². The zero-order valence-electron chi connectivity index (χ0n) is 10.9. The topological polar surface area (TPSA) is 55.6 Å². The Morgan fingerprint density at radius 3 is 2.78 bits per heavy atom. The van der Waals surface area contributed by atoms with Crippen molar-refractivity contribution in [3.8, 4) is 0 Å². The van der Waals surface area contributed by atoms with E-state index in [0.29, 0.717) is 12.5 Å². The summed E-state index contributed by atoms with van der Waals surface area (Å²) in [6.45, 7) is 3.78. The van der Waals surface area contributed by atoms with Gasteiger partial charge in [0.2, 0.25) is 0 Å². The van der Waals surface area contributed by atoms with Gasteiger partial charge in [0.1, 0.15) is 0 Å². The van der Waals surface area contributed by atoms with E-state index in [2.05, 4.69) is 52.0 Å². The average molecular weight is 245 g/mol. The molecule has 1 heterocycles. The first kappa shape index (κ1) is 12.7. The van der Waals surface area contributed by atoms with Crippen molar-refractivity contribution >= 4 is 0 Å². The molecule has 0 saturated carbocycles. The van der Waals surface area contributed by atoms with Crippen LogP contribution in [0.25, 0.3) is 0 Å². The Bertz CT molecular complexity index is 465. The van der Waals surface area contributed by atoms with Gasteiger partial charge in [-0.25, -0.2) is 4.68 Å². The summed E-state index contributed by atoms with van der Waals surface area (Å²) in [6.07, 6.45) is 1.03. The van der Waals surface area contributed by atoms with Gasteiger partial charge in [-0.2, -0.15) is 0 Å². The molecule has 0 radical (unpaired) electrons. The quantitative estimate of drug-likeness (QED) is 0.839. The maximum absolute atomic E-state index is 4.02. The van der Waals surface area contributed by atoms with Gasteiger partial charge in [0.25, 0.3) is 0 Å². The van der Waals surface area contributed by atoms with Crippen molar-refractivity contribution in [3.05, 3.63) is 41.7 Å². The molecule has 0 amide bonds. The highest BCUT2D eigenvalue weighted by atomic mass is 15.5. The number of hydrogen-bond acceptors (Lipinski definition) is 4. The van der Waals surface area contributed by atoms with Crippen LogP contribution in [0.2, 0.25) is 0 Å². The molecule has 0 aliphatic heterocycles. The molecule has 1 unspecified atom stereocenters. The Morgan fingerprint density at radius 1 is 1.28 bits per heavy atom. The van der Waals surface area contributed by atoms with E-state index in [4.69, 9.17) is 0 Å². The van der Waals surface area contributed by atoms with Crippen molar-refractivity contribution < 1.29 is 0 Å².